The lowest BCUT2D eigenvalue weighted by atomic mass is 9.90. The fourth-order valence-electron chi connectivity index (χ4n) is 5.59. The third-order valence-electron chi connectivity index (χ3n) is 7.67. The smallest absolute Gasteiger partial charge is 0.257 e. The molecule has 7 nitrogen and oxygen atoms in total. The summed E-state index contributed by atoms with van der Waals surface area (Å²) in [7, 11) is 2.10. The number of benzene rings is 1. The summed E-state index contributed by atoms with van der Waals surface area (Å²) < 4.78 is 0. The van der Waals surface area contributed by atoms with Crippen LogP contribution in [0.1, 0.15) is 63.3 Å². The van der Waals surface area contributed by atoms with E-state index in [1.54, 1.807) is 23.7 Å². The molecule has 2 aliphatic heterocycles. The molecule has 0 radical (unpaired) electrons. The van der Waals surface area contributed by atoms with Crippen LogP contribution in [0.25, 0.3) is 0 Å². The van der Waals surface area contributed by atoms with Crippen LogP contribution in [0.4, 0.5) is 5.13 Å². The highest BCUT2D eigenvalue weighted by Crippen LogP contribution is 2.35. The van der Waals surface area contributed by atoms with Crippen LogP contribution < -0.4 is 5.32 Å². The van der Waals surface area contributed by atoms with Gasteiger partial charge in [0.05, 0.1) is 11.7 Å². The molecule has 6 rings (SSSR count). The fourth-order valence-corrected chi connectivity index (χ4v) is 6.68. The van der Waals surface area contributed by atoms with Crippen LogP contribution in [0.15, 0.2) is 72.6 Å². The van der Waals surface area contributed by atoms with Crippen LogP contribution in [0, 0.1) is 0 Å². The molecule has 0 saturated carbocycles. The number of hydrogen-bond acceptors (Lipinski definition) is 6. The highest BCUT2D eigenvalue weighted by molar-refractivity contribution is 7.15. The molecule has 1 saturated heterocycles. The van der Waals surface area contributed by atoms with E-state index in [1.807, 2.05) is 47.4 Å². The summed E-state index contributed by atoms with van der Waals surface area (Å²) >= 11 is 1.56. The van der Waals surface area contributed by atoms with Gasteiger partial charge in [0.15, 0.2) is 5.13 Å². The predicted octanol–water partition coefficient (Wildman–Crippen LogP) is 5.11. The molecular weight excluding hydrogens is 494 g/mol. The van der Waals surface area contributed by atoms with Gasteiger partial charge in [-0.2, -0.15) is 0 Å². The number of rotatable bonds is 5. The van der Waals surface area contributed by atoms with E-state index in [1.165, 1.54) is 10.4 Å². The van der Waals surface area contributed by atoms with Gasteiger partial charge in [0, 0.05) is 60.4 Å². The molecule has 194 valence electrons. The van der Waals surface area contributed by atoms with Crippen LogP contribution in [-0.2, 0) is 17.8 Å². The van der Waals surface area contributed by atoms with E-state index >= 15 is 0 Å². The molecule has 1 unspecified atom stereocenters. The molecule has 1 N–H and O–H groups in total. The Morgan fingerprint density at radius 2 is 1.97 bits per heavy atom. The number of amides is 2. The van der Waals surface area contributed by atoms with Crippen LogP contribution in [0.5, 0.6) is 0 Å². The van der Waals surface area contributed by atoms with Crippen molar-refractivity contribution in [2.45, 2.75) is 44.2 Å². The average molecular weight is 526 g/mol. The lowest BCUT2D eigenvalue weighted by molar-refractivity contribution is -0.127. The first-order valence-corrected chi connectivity index (χ1v) is 14.0. The summed E-state index contributed by atoms with van der Waals surface area (Å²) in [6, 6.07) is 11.7. The normalized spacial score (nSPS) is 21.2. The second-order valence-electron chi connectivity index (χ2n) is 10.3. The number of thiazole rings is 1. The molecule has 2 aromatic heterocycles. The zero-order valence-corrected chi connectivity index (χ0v) is 22.3. The first-order chi connectivity index (χ1) is 18.5. The number of aromatic nitrogens is 2. The molecule has 8 heteroatoms. The van der Waals surface area contributed by atoms with Crippen LogP contribution in [0.3, 0.4) is 0 Å². The molecule has 3 aromatic rings. The first kappa shape index (κ1) is 24.7. The van der Waals surface area contributed by atoms with Crippen LogP contribution in [-0.4, -0.2) is 51.7 Å². The molecule has 1 fully saturated rings. The Hall–Kier alpha value is -3.62. The Kier molecular flexibility index (Phi) is 6.91. The molecule has 4 heterocycles. The molecule has 2 amide bonds. The molecule has 2 atom stereocenters. The Balaban J connectivity index is 1.14. The molecule has 1 aliphatic carbocycles. The summed E-state index contributed by atoms with van der Waals surface area (Å²) in [5.74, 6) is 0.163. The standard InChI is InChI=1S/C30H31N5O2S/c1-34-17-13-25-27(19-34)38-30(32-25)33-28(36)24-5-2-4-23(18-24)26-6-3-16-35(26)29(37)22-9-7-20(8-10-22)21-11-14-31-15-12-21/h2,4-5,7,9-12,14-15,18,20,26H,3,6,8,13,16-17,19H2,1H3,(H,32,33,36)/t20?,26-/m1/s1. The van der Waals surface area contributed by atoms with Gasteiger partial charge in [0.25, 0.3) is 11.8 Å². The minimum absolute atomic E-state index is 0.0369. The summed E-state index contributed by atoms with van der Waals surface area (Å²) in [5.41, 5.74) is 4.63. The van der Waals surface area contributed by atoms with Crippen molar-refractivity contribution in [3.05, 3.63) is 99.9 Å². The average Bonchev–Trinajstić information content (AvgIpc) is 3.60. The monoisotopic (exact) mass is 525 g/mol. The highest BCUT2D eigenvalue weighted by Gasteiger charge is 2.32. The van der Waals surface area contributed by atoms with Crippen molar-refractivity contribution in [1.82, 2.24) is 19.8 Å². The predicted molar refractivity (Wildman–Crippen MR) is 149 cm³/mol. The van der Waals surface area contributed by atoms with E-state index in [2.05, 4.69) is 39.4 Å². The summed E-state index contributed by atoms with van der Waals surface area (Å²) in [6.07, 6.45) is 13.3. The number of likely N-dealkylation sites (tertiary alicyclic amines) is 1. The number of anilines is 1. The third kappa shape index (κ3) is 5.06. The number of nitrogens with zero attached hydrogens (tertiary/aromatic N) is 4. The second kappa shape index (κ2) is 10.6. The number of carbonyl (C=O) groups excluding carboxylic acids is 2. The molecule has 1 aromatic carbocycles. The van der Waals surface area contributed by atoms with E-state index in [9.17, 15) is 9.59 Å². The van der Waals surface area contributed by atoms with Crippen molar-refractivity contribution < 1.29 is 9.59 Å². The summed E-state index contributed by atoms with van der Waals surface area (Å²) in [6.45, 7) is 2.58. The van der Waals surface area contributed by atoms with Crippen molar-refractivity contribution >= 4 is 28.3 Å². The van der Waals surface area contributed by atoms with Crippen molar-refractivity contribution in [3.63, 3.8) is 0 Å². The number of allylic oxidation sites excluding steroid dienone is 2. The molecule has 3 aliphatic rings. The third-order valence-corrected chi connectivity index (χ3v) is 8.67. The Morgan fingerprint density at radius 1 is 1.11 bits per heavy atom. The summed E-state index contributed by atoms with van der Waals surface area (Å²) in [4.78, 5) is 40.8. The van der Waals surface area contributed by atoms with E-state index in [0.717, 1.165) is 62.1 Å². The Bertz CT molecular complexity index is 1410. The number of hydrogen-bond donors (Lipinski definition) is 1. The zero-order valence-electron chi connectivity index (χ0n) is 21.5. The van der Waals surface area contributed by atoms with Gasteiger partial charge in [0.1, 0.15) is 0 Å². The number of nitrogens with one attached hydrogen (secondary N) is 1. The largest absolute Gasteiger partial charge is 0.332 e. The van der Waals surface area contributed by atoms with Gasteiger partial charge >= 0.3 is 0 Å². The maximum absolute atomic E-state index is 13.5. The van der Waals surface area contributed by atoms with Crippen LogP contribution >= 0.6 is 11.3 Å². The first-order valence-electron chi connectivity index (χ1n) is 13.2. The second-order valence-corrected chi connectivity index (χ2v) is 11.3. The van der Waals surface area contributed by atoms with Gasteiger partial charge in [-0.15, -0.1) is 11.3 Å². The molecule has 0 spiro atoms. The van der Waals surface area contributed by atoms with Crippen molar-refractivity contribution in [1.29, 1.82) is 0 Å². The van der Waals surface area contributed by atoms with Gasteiger partial charge in [-0.25, -0.2) is 4.98 Å². The fraction of sp³-hybridized carbons (Fsp3) is 0.333. The van der Waals surface area contributed by atoms with Gasteiger partial charge in [-0.05, 0) is 61.7 Å². The molecular formula is C30H31N5O2S. The highest BCUT2D eigenvalue weighted by atomic mass is 32.1. The van der Waals surface area contributed by atoms with Gasteiger partial charge in [-0.3, -0.25) is 19.9 Å². The number of fused-ring (bicyclic) bond motifs is 1. The van der Waals surface area contributed by atoms with Gasteiger partial charge < -0.3 is 9.80 Å². The van der Waals surface area contributed by atoms with Crippen molar-refractivity contribution in [2.75, 3.05) is 25.5 Å². The van der Waals surface area contributed by atoms with Gasteiger partial charge in [-0.1, -0.05) is 30.4 Å². The minimum atomic E-state index is -0.165. The summed E-state index contributed by atoms with van der Waals surface area (Å²) in [5, 5.41) is 3.65. The van der Waals surface area contributed by atoms with Crippen molar-refractivity contribution in [3.8, 4) is 0 Å². The number of carbonyl (C=O) groups is 2. The maximum Gasteiger partial charge on any atom is 0.257 e. The Labute approximate surface area is 226 Å². The van der Waals surface area contributed by atoms with E-state index in [0.29, 0.717) is 10.7 Å². The minimum Gasteiger partial charge on any atom is -0.332 e. The quantitative estimate of drug-likeness (QED) is 0.501. The Morgan fingerprint density at radius 3 is 2.79 bits per heavy atom. The van der Waals surface area contributed by atoms with E-state index < -0.39 is 0 Å². The molecule has 0 bridgehead atoms. The lowest BCUT2D eigenvalue weighted by Crippen LogP contribution is -2.32. The van der Waals surface area contributed by atoms with Crippen molar-refractivity contribution in [2.24, 2.45) is 0 Å². The number of pyridine rings is 1. The lowest BCUT2D eigenvalue weighted by Gasteiger charge is -2.27. The number of likely N-dealkylation sites (N-methyl/N-ethyl adjacent to an activating group) is 1. The maximum atomic E-state index is 13.5. The van der Waals surface area contributed by atoms with Crippen LogP contribution in [0.2, 0.25) is 0 Å². The van der Waals surface area contributed by atoms with Gasteiger partial charge in [0.2, 0.25) is 0 Å². The van der Waals surface area contributed by atoms with E-state index in [4.69, 9.17) is 0 Å². The molecule has 38 heavy (non-hydrogen) atoms. The van der Waals surface area contributed by atoms with E-state index in [-0.39, 0.29) is 23.8 Å². The topological polar surface area (TPSA) is 78.4 Å². The SMILES string of the molecule is CN1CCc2nc(NC(=O)c3cccc([C@H]4CCCN4C(=O)C4=CCC(c5ccncc5)C=C4)c3)sc2C1. The zero-order chi connectivity index (χ0) is 26.1.